The smallest absolute Gasteiger partial charge is 0.325 e. The molecule has 3 N–H and O–H groups in total. The number of nitrogens with two attached hydrogens (primary N) is 1. The Morgan fingerprint density at radius 1 is 1.38 bits per heavy atom. The van der Waals surface area contributed by atoms with Crippen LogP contribution in [0.5, 0.6) is 0 Å². The molecule has 0 heterocycles. The summed E-state index contributed by atoms with van der Waals surface area (Å²) in [6, 6.07) is 5.01. The van der Waals surface area contributed by atoms with E-state index in [2.05, 4.69) is 0 Å². The van der Waals surface area contributed by atoms with Crippen molar-refractivity contribution in [1.29, 1.82) is 0 Å². The van der Waals surface area contributed by atoms with Gasteiger partial charge in [0, 0.05) is 0 Å². The first-order chi connectivity index (χ1) is 7.47. The second kappa shape index (κ2) is 5.12. The van der Waals surface area contributed by atoms with E-state index in [0.29, 0.717) is 0 Å². The van der Waals surface area contributed by atoms with Crippen molar-refractivity contribution < 1.29 is 9.90 Å². The third kappa shape index (κ3) is 2.61. The Bertz CT molecular complexity index is 386. The van der Waals surface area contributed by atoms with E-state index in [1.807, 2.05) is 39.0 Å². The third-order valence-corrected chi connectivity index (χ3v) is 2.78. The number of carboxylic acid groups (broad SMARTS) is 1. The predicted octanol–water partition coefficient (Wildman–Crippen LogP) is 2.46. The van der Waals surface area contributed by atoms with Crippen LogP contribution in [0.4, 0.5) is 0 Å². The number of benzene rings is 1. The van der Waals surface area contributed by atoms with Gasteiger partial charge in [-0.3, -0.25) is 4.79 Å². The molecular weight excluding hydrogens is 202 g/mol. The molecule has 1 aromatic carbocycles. The molecule has 0 bridgehead atoms. The first kappa shape index (κ1) is 12.7. The van der Waals surface area contributed by atoms with Gasteiger partial charge >= 0.3 is 5.97 Å². The molecule has 3 heteroatoms. The van der Waals surface area contributed by atoms with Crippen LogP contribution >= 0.6 is 0 Å². The average Bonchev–Trinajstić information content (AvgIpc) is 2.26. The number of carbonyl (C=O) groups is 1. The number of hydrogen-bond donors (Lipinski definition) is 2. The van der Waals surface area contributed by atoms with Crippen LogP contribution in [0.25, 0.3) is 0 Å². The Kier molecular flexibility index (Phi) is 4.07. The number of carboxylic acids is 1. The Labute approximate surface area is 96.3 Å². The summed E-state index contributed by atoms with van der Waals surface area (Å²) in [5, 5.41) is 8.98. The highest BCUT2D eigenvalue weighted by molar-refractivity contribution is 5.76. The third-order valence-electron chi connectivity index (χ3n) is 2.78. The molecular formula is C13H19NO2. The zero-order chi connectivity index (χ0) is 12.3. The van der Waals surface area contributed by atoms with Gasteiger partial charge in [0.15, 0.2) is 0 Å². The minimum atomic E-state index is -0.977. The molecule has 1 rings (SSSR count). The minimum Gasteiger partial charge on any atom is -0.480 e. The standard InChI is InChI=1S/C13H19NO2/c1-4-9-5-6-10(8(2)3)11(7-9)12(14)13(15)16/h5-8,12H,4,14H2,1-3H3,(H,15,16). The lowest BCUT2D eigenvalue weighted by molar-refractivity contribution is -0.138. The first-order valence-corrected chi connectivity index (χ1v) is 5.58. The largest absolute Gasteiger partial charge is 0.480 e. The lowest BCUT2D eigenvalue weighted by Gasteiger charge is -2.17. The van der Waals surface area contributed by atoms with Crippen LogP contribution in [-0.2, 0) is 11.2 Å². The van der Waals surface area contributed by atoms with Gasteiger partial charge in [0.1, 0.15) is 6.04 Å². The zero-order valence-electron chi connectivity index (χ0n) is 10.0. The molecule has 0 aliphatic rings. The molecule has 1 atom stereocenters. The Hall–Kier alpha value is -1.35. The van der Waals surface area contributed by atoms with Crippen molar-refractivity contribution in [2.45, 2.75) is 39.2 Å². The van der Waals surface area contributed by atoms with Gasteiger partial charge in [0.05, 0.1) is 0 Å². The summed E-state index contributed by atoms with van der Waals surface area (Å²) < 4.78 is 0. The maximum absolute atomic E-state index is 10.9. The fraction of sp³-hybridized carbons (Fsp3) is 0.462. The van der Waals surface area contributed by atoms with E-state index in [-0.39, 0.29) is 5.92 Å². The monoisotopic (exact) mass is 221 g/mol. The SMILES string of the molecule is CCc1ccc(C(C)C)c(C(N)C(=O)O)c1. The Morgan fingerprint density at radius 2 is 2.00 bits per heavy atom. The van der Waals surface area contributed by atoms with Crippen LogP contribution < -0.4 is 5.73 Å². The van der Waals surface area contributed by atoms with Crippen LogP contribution in [0.3, 0.4) is 0 Å². The highest BCUT2D eigenvalue weighted by Gasteiger charge is 2.19. The summed E-state index contributed by atoms with van der Waals surface area (Å²) in [4.78, 5) is 10.9. The van der Waals surface area contributed by atoms with Crippen LogP contribution in [0, 0.1) is 0 Å². The van der Waals surface area contributed by atoms with Crippen molar-refractivity contribution >= 4 is 5.97 Å². The molecule has 0 saturated heterocycles. The molecule has 0 fully saturated rings. The molecule has 0 aliphatic carbocycles. The van der Waals surface area contributed by atoms with Crippen molar-refractivity contribution in [3.8, 4) is 0 Å². The maximum atomic E-state index is 10.9. The number of rotatable bonds is 4. The fourth-order valence-corrected chi connectivity index (χ4v) is 1.77. The summed E-state index contributed by atoms with van der Waals surface area (Å²) >= 11 is 0. The summed E-state index contributed by atoms with van der Waals surface area (Å²) in [5.41, 5.74) is 8.58. The quantitative estimate of drug-likeness (QED) is 0.820. The number of aryl methyl sites for hydroxylation is 1. The van der Waals surface area contributed by atoms with E-state index in [4.69, 9.17) is 10.8 Å². The second-order valence-electron chi connectivity index (χ2n) is 4.29. The highest BCUT2D eigenvalue weighted by Crippen LogP contribution is 2.25. The molecule has 88 valence electrons. The summed E-state index contributed by atoms with van der Waals surface area (Å²) in [7, 11) is 0. The average molecular weight is 221 g/mol. The van der Waals surface area contributed by atoms with Crippen LogP contribution in [-0.4, -0.2) is 11.1 Å². The van der Waals surface area contributed by atoms with E-state index in [0.717, 1.165) is 23.1 Å². The number of aliphatic carboxylic acids is 1. The van der Waals surface area contributed by atoms with Gasteiger partial charge in [-0.05, 0) is 29.0 Å². The molecule has 3 nitrogen and oxygen atoms in total. The summed E-state index contributed by atoms with van der Waals surface area (Å²) in [6.07, 6.45) is 0.887. The van der Waals surface area contributed by atoms with Gasteiger partial charge in [0.2, 0.25) is 0 Å². The fourth-order valence-electron chi connectivity index (χ4n) is 1.77. The van der Waals surface area contributed by atoms with Crippen molar-refractivity contribution in [2.75, 3.05) is 0 Å². The molecule has 0 aliphatic heterocycles. The lowest BCUT2D eigenvalue weighted by atomic mass is 9.91. The van der Waals surface area contributed by atoms with Gasteiger partial charge in [-0.15, -0.1) is 0 Å². The summed E-state index contributed by atoms with van der Waals surface area (Å²) in [5.74, 6) is -0.693. The molecule has 1 unspecified atom stereocenters. The minimum absolute atomic E-state index is 0.284. The lowest BCUT2D eigenvalue weighted by Crippen LogP contribution is -2.22. The Morgan fingerprint density at radius 3 is 2.44 bits per heavy atom. The van der Waals surface area contributed by atoms with Gasteiger partial charge in [0.25, 0.3) is 0 Å². The summed E-state index contributed by atoms with van der Waals surface area (Å²) in [6.45, 7) is 6.12. The topological polar surface area (TPSA) is 63.3 Å². The van der Waals surface area contributed by atoms with Crippen LogP contribution in [0.2, 0.25) is 0 Å². The van der Waals surface area contributed by atoms with Crippen LogP contribution in [0.15, 0.2) is 18.2 Å². The molecule has 0 saturated carbocycles. The highest BCUT2D eigenvalue weighted by atomic mass is 16.4. The zero-order valence-corrected chi connectivity index (χ0v) is 10.0. The van der Waals surface area contributed by atoms with E-state index in [9.17, 15) is 4.79 Å². The van der Waals surface area contributed by atoms with Gasteiger partial charge in [-0.2, -0.15) is 0 Å². The second-order valence-corrected chi connectivity index (χ2v) is 4.29. The van der Waals surface area contributed by atoms with Gasteiger partial charge in [-0.25, -0.2) is 0 Å². The Balaban J connectivity index is 3.25. The predicted molar refractivity (Wildman–Crippen MR) is 64.5 cm³/mol. The number of hydrogen-bond acceptors (Lipinski definition) is 2. The normalized spacial score (nSPS) is 12.8. The molecule has 1 aromatic rings. The molecule has 0 spiro atoms. The maximum Gasteiger partial charge on any atom is 0.325 e. The van der Waals surface area contributed by atoms with Crippen LogP contribution in [0.1, 0.15) is 49.4 Å². The molecule has 0 aromatic heterocycles. The van der Waals surface area contributed by atoms with E-state index < -0.39 is 12.0 Å². The van der Waals surface area contributed by atoms with Crippen molar-refractivity contribution in [2.24, 2.45) is 5.73 Å². The van der Waals surface area contributed by atoms with Gasteiger partial charge in [-0.1, -0.05) is 39.0 Å². The van der Waals surface area contributed by atoms with E-state index in [1.165, 1.54) is 0 Å². The van der Waals surface area contributed by atoms with Crippen molar-refractivity contribution in [1.82, 2.24) is 0 Å². The molecule has 16 heavy (non-hydrogen) atoms. The van der Waals surface area contributed by atoms with Crippen molar-refractivity contribution in [3.63, 3.8) is 0 Å². The molecule has 0 amide bonds. The van der Waals surface area contributed by atoms with E-state index >= 15 is 0 Å². The van der Waals surface area contributed by atoms with Crippen molar-refractivity contribution in [3.05, 3.63) is 34.9 Å². The molecule has 0 radical (unpaired) electrons. The van der Waals surface area contributed by atoms with E-state index in [1.54, 1.807) is 0 Å². The van der Waals surface area contributed by atoms with Gasteiger partial charge < -0.3 is 10.8 Å². The first-order valence-electron chi connectivity index (χ1n) is 5.58.